The van der Waals surface area contributed by atoms with Crippen LogP contribution in [0.4, 0.5) is 11.4 Å². The van der Waals surface area contributed by atoms with Gasteiger partial charge in [-0.2, -0.15) is 0 Å². The van der Waals surface area contributed by atoms with Crippen LogP contribution in [-0.4, -0.2) is 28.1 Å². The van der Waals surface area contributed by atoms with Crippen LogP contribution >= 0.6 is 23.2 Å². The zero-order chi connectivity index (χ0) is 17.2. The Morgan fingerprint density at radius 2 is 1.92 bits per heavy atom. The quantitative estimate of drug-likeness (QED) is 0.637. The lowest BCUT2D eigenvalue weighted by molar-refractivity contribution is 0.235. The van der Waals surface area contributed by atoms with Gasteiger partial charge in [0.05, 0.1) is 5.69 Å². The average Bonchev–Trinajstić information content (AvgIpc) is 2.55. The Morgan fingerprint density at radius 3 is 2.64 bits per heavy atom. The fourth-order valence-electron chi connectivity index (χ4n) is 2.90. The van der Waals surface area contributed by atoms with Crippen molar-refractivity contribution in [2.45, 2.75) is 25.2 Å². The van der Waals surface area contributed by atoms with E-state index in [1.165, 1.54) is 0 Å². The lowest BCUT2D eigenvalue weighted by atomic mass is 10.2. The van der Waals surface area contributed by atoms with Crippen molar-refractivity contribution in [2.75, 3.05) is 17.9 Å². The highest BCUT2D eigenvalue weighted by molar-refractivity contribution is 8.26. The first kappa shape index (κ1) is 19.9. The van der Waals surface area contributed by atoms with Crippen molar-refractivity contribution in [1.29, 1.82) is 0 Å². The molecule has 3 N–H and O–H groups in total. The van der Waals surface area contributed by atoms with Crippen LogP contribution in [0.25, 0.3) is 0 Å². The summed E-state index contributed by atoms with van der Waals surface area (Å²) >= 11 is 0. The molecule has 3 rings (SSSR count). The Bertz CT molecular complexity index is 714. The van der Waals surface area contributed by atoms with Gasteiger partial charge in [0.25, 0.3) is 0 Å². The smallest absolute Gasteiger partial charge is 0.206 e. The predicted molar refractivity (Wildman–Crippen MR) is 107 cm³/mol. The Kier molecular flexibility index (Phi) is 6.59. The third kappa shape index (κ3) is 4.04. The molecule has 0 saturated heterocycles. The van der Waals surface area contributed by atoms with Crippen molar-refractivity contribution < 1.29 is 13.8 Å². The van der Waals surface area contributed by atoms with Crippen LogP contribution in [0.3, 0.4) is 0 Å². The summed E-state index contributed by atoms with van der Waals surface area (Å²) in [5.41, 5.74) is 1.87. The van der Waals surface area contributed by atoms with Crippen molar-refractivity contribution in [1.82, 2.24) is 5.32 Å². The molecule has 1 atom stereocenters. The third-order valence-corrected chi connectivity index (χ3v) is 6.05. The Balaban J connectivity index is 0.00000225. The fraction of sp³-hybridized carbons (Fsp3) is 0.333. The minimum atomic E-state index is -3.14. The highest BCUT2D eigenvalue weighted by Crippen LogP contribution is 2.61. The van der Waals surface area contributed by atoms with Gasteiger partial charge < -0.3 is 10.1 Å². The number of aryl methyl sites for hydroxylation is 1. The largest absolute Gasteiger partial charge is 0.467 e. The summed E-state index contributed by atoms with van der Waals surface area (Å²) in [5.74, 6) is 0.680. The second-order valence-electron chi connectivity index (χ2n) is 5.96. The van der Waals surface area contributed by atoms with Crippen LogP contribution in [0, 0.1) is 6.92 Å². The van der Waals surface area contributed by atoms with Gasteiger partial charge in [-0.3, -0.25) is 9.11 Å². The topological polar surface area (TPSA) is 65.0 Å². The first-order chi connectivity index (χ1) is 11.5. The van der Waals surface area contributed by atoms with E-state index in [2.05, 4.69) is 5.32 Å². The van der Waals surface area contributed by atoms with E-state index in [0.29, 0.717) is 17.9 Å². The van der Waals surface area contributed by atoms with Gasteiger partial charge in [-0.1, -0.05) is 35.0 Å². The SMILES string of the molecule is CNCCCC1Oc2ccccc2N(c2cccc(C)c2)S1(O)O.Cl. The van der Waals surface area contributed by atoms with E-state index in [1.807, 2.05) is 62.5 Å². The molecule has 25 heavy (non-hydrogen) atoms. The van der Waals surface area contributed by atoms with Crippen molar-refractivity contribution in [3.63, 3.8) is 0 Å². The molecular weight excluding hydrogens is 360 g/mol. The van der Waals surface area contributed by atoms with E-state index < -0.39 is 16.2 Å². The maximum Gasteiger partial charge on any atom is 0.206 e. The number of halogens is 1. The summed E-state index contributed by atoms with van der Waals surface area (Å²) in [6, 6.07) is 15.3. The van der Waals surface area contributed by atoms with E-state index in [9.17, 15) is 9.11 Å². The van der Waals surface area contributed by atoms with Gasteiger partial charge in [0.15, 0.2) is 0 Å². The average molecular weight is 385 g/mol. The highest BCUT2D eigenvalue weighted by Gasteiger charge is 2.40. The zero-order valence-corrected chi connectivity index (χ0v) is 16.0. The summed E-state index contributed by atoms with van der Waals surface area (Å²) < 4.78 is 29.6. The maximum atomic E-state index is 11.0. The molecule has 0 bridgehead atoms. The maximum absolute atomic E-state index is 11.0. The van der Waals surface area contributed by atoms with Crippen LogP contribution in [0.5, 0.6) is 5.75 Å². The lowest BCUT2D eigenvalue weighted by Crippen LogP contribution is -2.39. The fourth-order valence-corrected chi connectivity index (χ4v) is 4.72. The minimum absolute atomic E-state index is 0. The van der Waals surface area contributed by atoms with Crippen LogP contribution in [0.1, 0.15) is 18.4 Å². The number of hydrogen-bond donors (Lipinski definition) is 3. The van der Waals surface area contributed by atoms with E-state index in [1.54, 1.807) is 4.31 Å². The van der Waals surface area contributed by atoms with Gasteiger partial charge in [-0.25, -0.2) is 4.31 Å². The summed E-state index contributed by atoms with van der Waals surface area (Å²) in [7, 11) is -1.26. The first-order valence-electron chi connectivity index (χ1n) is 8.08. The molecule has 138 valence electrons. The molecule has 0 aromatic heterocycles. The molecule has 7 heteroatoms. The van der Waals surface area contributed by atoms with Crippen molar-refractivity contribution in [3.05, 3.63) is 54.1 Å². The Labute approximate surface area is 156 Å². The summed E-state index contributed by atoms with van der Waals surface area (Å²) in [5, 5.41) is 3.08. The van der Waals surface area contributed by atoms with E-state index in [-0.39, 0.29) is 12.4 Å². The van der Waals surface area contributed by atoms with Gasteiger partial charge in [0.2, 0.25) is 5.44 Å². The number of hydrogen-bond acceptors (Lipinski definition) is 5. The lowest BCUT2D eigenvalue weighted by Gasteiger charge is -2.51. The summed E-state index contributed by atoms with van der Waals surface area (Å²) in [6.07, 6.45) is 1.38. The molecule has 0 radical (unpaired) electrons. The molecule has 1 aliphatic rings. The molecule has 2 aromatic carbocycles. The number of ether oxygens (including phenoxy) is 1. The summed E-state index contributed by atoms with van der Waals surface area (Å²) in [4.78, 5) is 0. The number of rotatable bonds is 5. The minimum Gasteiger partial charge on any atom is -0.467 e. The number of para-hydroxylation sites is 2. The van der Waals surface area contributed by atoms with E-state index in [0.717, 1.165) is 24.2 Å². The number of benzene rings is 2. The molecule has 1 unspecified atom stereocenters. The molecule has 5 nitrogen and oxygen atoms in total. The second-order valence-corrected chi connectivity index (χ2v) is 7.97. The zero-order valence-electron chi connectivity index (χ0n) is 14.4. The van der Waals surface area contributed by atoms with Crippen LogP contribution in [0.15, 0.2) is 48.5 Å². The van der Waals surface area contributed by atoms with Crippen molar-refractivity contribution in [3.8, 4) is 5.75 Å². The van der Waals surface area contributed by atoms with E-state index >= 15 is 0 Å². The molecule has 0 fully saturated rings. The molecule has 0 aliphatic carbocycles. The first-order valence-corrected chi connectivity index (χ1v) is 9.65. The predicted octanol–water partition coefficient (Wildman–Crippen LogP) is 4.94. The second kappa shape index (κ2) is 8.29. The van der Waals surface area contributed by atoms with Crippen LogP contribution < -0.4 is 14.4 Å². The van der Waals surface area contributed by atoms with Gasteiger partial charge in [-0.05, 0) is 56.8 Å². The van der Waals surface area contributed by atoms with Crippen molar-refractivity contribution >= 4 is 34.6 Å². The van der Waals surface area contributed by atoms with Gasteiger partial charge in [0.1, 0.15) is 11.4 Å². The van der Waals surface area contributed by atoms with E-state index in [4.69, 9.17) is 4.74 Å². The molecule has 1 heterocycles. The van der Waals surface area contributed by atoms with Crippen molar-refractivity contribution in [2.24, 2.45) is 0 Å². The Morgan fingerprint density at radius 1 is 1.16 bits per heavy atom. The highest BCUT2D eigenvalue weighted by atomic mass is 35.5. The molecule has 2 aromatic rings. The van der Waals surface area contributed by atoms with Gasteiger partial charge >= 0.3 is 0 Å². The normalized spacial score (nSPS) is 19.4. The van der Waals surface area contributed by atoms with Gasteiger partial charge in [-0.15, -0.1) is 12.4 Å². The Hall–Kier alpha value is -1.44. The molecular formula is C18H25ClN2O3S. The number of anilines is 2. The number of fused-ring (bicyclic) bond motifs is 1. The molecule has 1 aliphatic heterocycles. The van der Waals surface area contributed by atoms with Crippen LogP contribution in [0.2, 0.25) is 0 Å². The third-order valence-electron chi connectivity index (χ3n) is 4.07. The number of nitrogens with zero attached hydrogens (tertiary/aromatic N) is 1. The monoisotopic (exact) mass is 384 g/mol. The molecule has 0 saturated carbocycles. The van der Waals surface area contributed by atoms with Gasteiger partial charge in [0, 0.05) is 6.42 Å². The summed E-state index contributed by atoms with van der Waals surface area (Å²) in [6.45, 7) is 2.80. The standard InChI is InChI=1S/C18H24N2O3S.ClH/c1-14-7-5-8-15(13-14)20-16-9-3-4-10-17(16)23-18(24(20,21)22)11-6-12-19-2;/h3-5,7-10,13,18-19,21-22H,6,11-12H2,1-2H3;1H. The molecule has 0 spiro atoms. The number of nitrogens with one attached hydrogen (secondary N) is 1. The van der Waals surface area contributed by atoms with Crippen LogP contribution in [-0.2, 0) is 0 Å². The molecule has 0 amide bonds.